The molecule has 0 aromatic carbocycles. The number of hydrogen-bond donors (Lipinski definition) is 0. The zero-order valence-corrected chi connectivity index (χ0v) is 15.5. The zero-order chi connectivity index (χ0) is 17.3. The second-order valence-corrected chi connectivity index (χ2v) is 8.02. The molecular formula is C15H31N3O4S. The fourth-order valence-electron chi connectivity index (χ4n) is 2.45. The molecule has 1 saturated heterocycles. The molecule has 136 valence electrons. The van der Waals surface area contributed by atoms with Gasteiger partial charge in [-0.2, -0.15) is 0 Å². The number of morpholine rings is 1. The van der Waals surface area contributed by atoms with Gasteiger partial charge in [-0.05, 0) is 6.42 Å². The normalized spacial score (nSPS) is 16.7. The van der Waals surface area contributed by atoms with Crippen molar-refractivity contribution in [3.05, 3.63) is 0 Å². The van der Waals surface area contributed by atoms with Crippen LogP contribution in [0.15, 0.2) is 0 Å². The zero-order valence-electron chi connectivity index (χ0n) is 14.7. The molecule has 1 rings (SSSR count). The van der Waals surface area contributed by atoms with Crippen molar-refractivity contribution < 1.29 is 17.9 Å². The third-order valence-electron chi connectivity index (χ3n) is 4.09. The molecule has 1 amide bonds. The van der Waals surface area contributed by atoms with E-state index in [2.05, 4.69) is 11.8 Å². The van der Waals surface area contributed by atoms with Gasteiger partial charge in [-0.3, -0.25) is 9.69 Å². The highest BCUT2D eigenvalue weighted by Crippen LogP contribution is 2.04. The Kier molecular flexibility index (Phi) is 9.04. The molecule has 1 aliphatic heterocycles. The molecule has 1 heterocycles. The quantitative estimate of drug-likeness (QED) is 0.565. The summed E-state index contributed by atoms with van der Waals surface area (Å²) in [5, 5.41) is 0. The second-order valence-electron chi connectivity index (χ2n) is 6.03. The molecule has 1 aliphatic rings. The average molecular weight is 349 g/mol. The Hall–Kier alpha value is -0.700. The first-order valence-electron chi connectivity index (χ1n) is 8.33. The number of ether oxygens (including phenoxy) is 1. The van der Waals surface area contributed by atoms with E-state index in [9.17, 15) is 13.2 Å². The van der Waals surface area contributed by atoms with Crippen LogP contribution in [0.2, 0.25) is 0 Å². The number of unbranched alkanes of at least 4 members (excludes halogenated alkanes) is 1. The van der Waals surface area contributed by atoms with Gasteiger partial charge in [-0.1, -0.05) is 13.3 Å². The van der Waals surface area contributed by atoms with E-state index in [1.165, 1.54) is 10.6 Å². The third kappa shape index (κ3) is 8.10. The van der Waals surface area contributed by atoms with Crippen molar-refractivity contribution >= 4 is 15.9 Å². The fraction of sp³-hybridized carbons (Fsp3) is 0.933. The number of nitrogens with zero attached hydrogens (tertiary/aromatic N) is 3. The number of carbonyl (C=O) groups excluding carboxylic acids is 1. The largest absolute Gasteiger partial charge is 0.379 e. The summed E-state index contributed by atoms with van der Waals surface area (Å²) in [5.74, 6) is -0.00141. The van der Waals surface area contributed by atoms with Crippen LogP contribution in [0.5, 0.6) is 0 Å². The van der Waals surface area contributed by atoms with Gasteiger partial charge in [0.15, 0.2) is 0 Å². The van der Waals surface area contributed by atoms with Crippen molar-refractivity contribution in [2.75, 3.05) is 65.8 Å². The van der Waals surface area contributed by atoms with E-state index < -0.39 is 10.0 Å². The molecule has 7 nitrogen and oxygen atoms in total. The summed E-state index contributed by atoms with van der Waals surface area (Å²) in [6.45, 7) is 7.20. The van der Waals surface area contributed by atoms with Crippen LogP contribution < -0.4 is 0 Å². The van der Waals surface area contributed by atoms with Crippen molar-refractivity contribution in [3.63, 3.8) is 0 Å². The van der Waals surface area contributed by atoms with Gasteiger partial charge in [0.25, 0.3) is 0 Å². The summed E-state index contributed by atoms with van der Waals surface area (Å²) in [6.07, 6.45) is 3.44. The third-order valence-corrected chi connectivity index (χ3v) is 5.39. The molecule has 0 unspecified atom stereocenters. The fourth-order valence-corrected chi connectivity index (χ4v) is 3.29. The number of amides is 1. The van der Waals surface area contributed by atoms with Crippen LogP contribution in [0.3, 0.4) is 0 Å². The number of hydrogen-bond acceptors (Lipinski definition) is 5. The predicted octanol–water partition coefficient (Wildman–Crippen LogP) is 0.229. The average Bonchev–Trinajstić information content (AvgIpc) is 2.51. The van der Waals surface area contributed by atoms with Crippen LogP contribution in [0.25, 0.3) is 0 Å². The molecule has 0 spiro atoms. The van der Waals surface area contributed by atoms with Crippen LogP contribution in [0.1, 0.15) is 26.2 Å². The summed E-state index contributed by atoms with van der Waals surface area (Å²) >= 11 is 0. The highest BCUT2D eigenvalue weighted by molar-refractivity contribution is 7.88. The molecule has 0 radical (unpaired) electrons. The van der Waals surface area contributed by atoms with Crippen LogP contribution >= 0.6 is 0 Å². The van der Waals surface area contributed by atoms with E-state index >= 15 is 0 Å². The van der Waals surface area contributed by atoms with E-state index in [4.69, 9.17) is 4.74 Å². The maximum Gasteiger partial charge on any atom is 0.223 e. The second kappa shape index (κ2) is 10.2. The Bertz CT molecular complexity index is 450. The lowest BCUT2D eigenvalue weighted by atomic mass is 10.3. The van der Waals surface area contributed by atoms with Gasteiger partial charge in [-0.15, -0.1) is 0 Å². The molecule has 0 bridgehead atoms. The topological polar surface area (TPSA) is 70.2 Å². The van der Waals surface area contributed by atoms with Crippen molar-refractivity contribution in [3.8, 4) is 0 Å². The van der Waals surface area contributed by atoms with Gasteiger partial charge in [-0.25, -0.2) is 12.7 Å². The van der Waals surface area contributed by atoms with E-state index in [1.54, 1.807) is 11.9 Å². The van der Waals surface area contributed by atoms with Crippen LogP contribution in [-0.2, 0) is 19.6 Å². The Morgan fingerprint density at radius 1 is 1.17 bits per heavy atom. The summed E-state index contributed by atoms with van der Waals surface area (Å²) < 4.78 is 30.5. The van der Waals surface area contributed by atoms with Crippen molar-refractivity contribution in [2.24, 2.45) is 0 Å². The van der Waals surface area contributed by atoms with Gasteiger partial charge in [0.2, 0.25) is 15.9 Å². The number of sulfonamides is 1. The van der Waals surface area contributed by atoms with E-state index in [-0.39, 0.29) is 18.9 Å². The highest BCUT2D eigenvalue weighted by Gasteiger charge is 2.20. The number of carbonyl (C=O) groups is 1. The van der Waals surface area contributed by atoms with Gasteiger partial charge in [0.1, 0.15) is 0 Å². The Morgan fingerprint density at radius 2 is 1.83 bits per heavy atom. The molecule has 23 heavy (non-hydrogen) atoms. The molecule has 0 saturated carbocycles. The van der Waals surface area contributed by atoms with Gasteiger partial charge in [0, 0.05) is 52.7 Å². The van der Waals surface area contributed by atoms with E-state index in [0.29, 0.717) is 26.3 Å². The number of rotatable bonds is 10. The minimum absolute atomic E-state index is 0.00141. The molecule has 0 aliphatic carbocycles. The van der Waals surface area contributed by atoms with Crippen molar-refractivity contribution in [2.45, 2.75) is 26.2 Å². The van der Waals surface area contributed by atoms with Crippen LogP contribution in [-0.4, -0.2) is 94.2 Å². The van der Waals surface area contributed by atoms with Crippen LogP contribution in [0, 0.1) is 0 Å². The van der Waals surface area contributed by atoms with Gasteiger partial charge >= 0.3 is 0 Å². The Labute approximate surface area is 140 Å². The molecule has 0 N–H and O–H groups in total. The summed E-state index contributed by atoms with van der Waals surface area (Å²) in [7, 11) is -1.53. The molecule has 1 fully saturated rings. The summed E-state index contributed by atoms with van der Waals surface area (Å²) in [6, 6.07) is 0. The van der Waals surface area contributed by atoms with Crippen molar-refractivity contribution in [1.29, 1.82) is 0 Å². The lowest BCUT2D eigenvalue weighted by Gasteiger charge is -2.29. The molecule has 0 aromatic heterocycles. The van der Waals surface area contributed by atoms with Crippen LogP contribution in [0.4, 0.5) is 0 Å². The molecule has 0 aromatic rings. The Morgan fingerprint density at radius 3 is 2.39 bits per heavy atom. The first kappa shape index (κ1) is 20.3. The minimum Gasteiger partial charge on any atom is -0.379 e. The lowest BCUT2D eigenvalue weighted by molar-refractivity contribution is -0.130. The van der Waals surface area contributed by atoms with E-state index in [0.717, 1.165) is 32.5 Å². The molecule has 0 atom stereocenters. The summed E-state index contributed by atoms with van der Waals surface area (Å²) in [4.78, 5) is 15.9. The first-order valence-corrected chi connectivity index (χ1v) is 10.2. The molecular weight excluding hydrogens is 318 g/mol. The smallest absolute Gasteiger partial charge is 0.223 e. The van der Waals surface area contributed by atoms with Gasteiger partial charge < -0.3 is 9.64 Å². The predicted molar refractivity (Wildman–Crippen MR) is 90.8 cm³/mol. The standard InChI is InChI=1S/C15H31N3O4S/c1-4-5-7-16(2)15(19)6-8-18(23(3,20)21)10-9-17-11-13-22-14-12-17/h4-14H2,1-3H3. The van der Waals surface area contributed by atoms with Gasteiger partial charge in [0.05, 0.1) is 19.5 Å². The maximum absolute atomic E-state index is 12.1. The SMILES string of the molecule is CCCCN(C)C(=O)CCN(CCN1CCOCC1)S(C)(=O)=O. The monoisotopic (exact) mass is 349 g/mol. The Balaban J connectivity index is 2.43. The summed E-state index contributed by atoms with van der Waals surface area (Å²) in [5.41, 5.74) is 0. The van der Waals surface area contributed by atoms with Crippen molar-refractivity contribution in [1.82, 2.24) is 14.1 Å². The van der Waals surface area contributed by atoms with E-state index in [1.807, 2.05) is 0 Å². The first-order chi connectivity index (χ1) is 10.8. The highest BCUT2D eigenvalue weighted by atomic mass is 32.2. The minimum atomic E-state index is -3.30. The lowest BCUT2D eigenvalue weighted by Crippen LogP contribution is -2.43. The maximum atomic E-state index is 12.1. The molecule has 8 heteroatoms.